The van der Waals surface area contributed by atoms with Crippen LogP contribution < -0.4 is 4.90 Å². The van der Waals surface area contributed by atoms with Gasteiger partial charge in [-0.05, 0) is 31.9 Å². The summed E-state index contributed by atoms with van der Waals surface area (Å²) in [6.07, 6.45) is 4.73. The summed E-state index contributed by atoms with van der Waals surface area (Å²) < 4.78 is 0. The summed E-state index contributed by atoms with van der Waals surface area (Å²) in [5, 5.41) is 19.8. The largest absolute Gasteiger partial charge is 0.506 e. The van der Waals surface area contributed by atoms with Gasteiger partial charge in [0.1, 0.15) is 11.3 Å². The van der Waals surface area contributed by atoms with E-state index in [-0.39, 0.29) is 11.9 Å². The van der Waals surface area contributed by atoms with Crippen molar-refractivity contribution in [2.45, 2.75) is 50.6 Å². The molecule has 6 nitrogen and oxygen atoms in total. The Morgan fingerprint density at radius 3 is 2.41 bits per heavy atom. The van der Waals surface area contributed by atoms with Gasteiger partial charge >= 0.3 is 0 Å². The smallest absolute Gasteiger partial charge is 0.240 e. The predicted octanol–water partition coefficient (Wildman–Crippen LogP) is 2.59. The zero-order chi connectivity index (χ0) is 19.4. The Labute approximate surface area is 162 Å². The van der Waals surface area contributed by atoms with Gasteiger partial charge in [-0.1, -0.05) is 31.4 Å². The van der Waals surface area contributed by atoms with Gasteiger partial charge in [-0.25, -0.2) is 0 Å². The predicted molar refractivity (Wildman–Crippen MR) is 106 cm³/mol. The monoisotopic (exact) mass is 370 g/mol. The van der Waals surface area contributed by atoms with Crippen molar-refractivity contribution in [1.29, 1.82) is 5.26 Å². The lowest BCUT2D eigenvalue weighted by Gasteiger charge is -2.43. The summed E-state index contributed by atoms with van der Waals surface area (Å²) in [4.78, 5) is 19.1. The van der Waals surface area contributed by atoms with E-state index in [1.807, 2.05) is 25.1 Å². The highest BCUT2D eigenvalue weighted by Gasteiger charge is 2.41. The molecule has 1 heterocycles. The molecule has 6 heteroatoms. The summed E-state index contributed by atoms with van der Waals surface area (Å²) in [6.45, 7) is 5.00. The normalized spacial score (nSPS) is 21.3. The molecule has 1 N–H and O–H groups in total. The summed E-state index contributed by atoms with van der Waals surface area (Å²) in [7, 11) is 1.80. The second-order valence-corrected chi connectivity index (χ2v) is 7.79. The highest BCUT2D eigenvalue weighted by atomic mass is 16.3. The van der Waals surface area contributed by atoms with Crippen LogP contribution in [0.5, 0.6) is 5.75 Å². The lowest BCUT2D eigenvalue weighted by molar-refractivity contribution is -0.140. The average Bonchev–Trinajstić information content (AvgIpc) is 2.73. The lowest BCUT2D eigenvalue weighted by Crippen LogP contribution is -2.58. The molecule has 1 atom stereocenters. The number of nitrogens with zero attached hydrogens (tertiary/aromatic N) is 4. The van der Waals surface area contributed by atoms with Gasteiger partial charge in [-0.15, -0.1) is 0 Å². The van der Waals surface area contributed by atoms with Gasteiger partial charge < -0.3 is 14.9 Å². The molecule has 27 heavy (non-hydrogen) atoms. The Kier molecular flexibility index (Phi) is 5.91. The number of phenols is 1. The van der Waals surface area contributed by atoms with E-state index in [0.29, 0.717) is 5.75 Å². The first-order valence-electron chi connectivity index (χ1n) is 9.94. The van der Waals surface area contributed by atoms with Crippen LogP contribution in [0.1, 0.15) is 39.0 Å². The maximum Gasteiger partial charge on any atom is 0.240 e. The van der Waals surface area contributed by atoms with Crippen molar-refractivity contribution in [2.24, 2.45) is 0 Å². The molecule has 1 amide bonds. The molecular weight excluding hydrogens is 340 g/mol. The van der Waals surface area contributed by atoms with E-state index in [1.165, 1.54) is 0 Å². The van der Waals surface area contributed by atoms with Crippen LogP contribution in [0.15, 0.2) is 24.3 Å². The summed E-state index contributed by atoms with van der Waals surface area (Å²) in [5.41, 5.74) is 0.209. The highest BCUT2D eigenvalue weighted by molar-refractivity contribution is 5.82. The molecule has 2 fully saturated rings. The molecule has 1 saturated carbocycles. The van der Waals surface area contributed by atoms with E-state index in [2.05, 4.69) is 15.9 Å². The number of piperazine rings is 1. The van der Waals surface area contributed by atoms with Crippen molar-refractivity contribution in [2.75, 3.05) is 38.1 Å². The number of amides is 1. The van der Waals surface area contributed by atoms with Crippen LogP contribution in [0.25, 0.3) is 0 Å². The van der Waals surface area contributed by atoms with Gasteiger partial charge in [-0.2, -0.15) is 5.26 Å². The van der Waals surface area contributed by atoms with Crippen LogP contribution in [-0.4, -0.2) is 65.6 Å². The van der Waals surface area contributed by atoms with E-state index in [9.17, 15) is 15.2 Å². The first-order valence-corrected chi connectivity index (χ1v) is 9.94. The van der Waals surface area contributed by atoms with E-state index in [0.717, 1.165) is 64.0 Å². The van der Waals surface area contributed by atoms with Crippen LogP contribution >= 0.6 is 0 Å². The summed E-state index contributed by atoms with van der Waals surface area (Å²) in [5.74, 6) is 0.331. The van der Waals surface area contributed by atoms with Crippen molar-refractivity contribution in [1.82, 2.24) is 9.80 Å². The average molecular weight is 370 g/mol. The molecule has 1 saturated heterocycles. The molecule has 0 aromatic heterocycles. The fourth-order valence-electron chi connectivity index (χ4n) is 4.39. The Hall–Kier alpha value is -2.26. The zero-order valence-corrected chi connectivity index (χ0v) is 16.4. The number of hydrogen-bond acceptors (Lipinski definition) is 5. The highest BCUT2D eigenvalue weighted by Crippen LogP contribution is 2.33. The number of nitriles is 1. The molecule has 1 aliphatic carbocycles. The van der Waals surface area contributed by atoms with Crippen molar-refractivity contribution in [3.63, 3.8) is 0 Å². The number of likely N-dealkylation sites (N-methyl/N-ethyl adjacent to an activating group) is 1. The maximum atomic E-state index is 13.1. The van der Waals surface area contributed by atoms with Crippen molar-refractivity contribution >= 4 is 11.6 Å². The molecule has 1 aromatic rings. The molecule has 1 aliphatic heterocycles. The molecule has 0 unspecified atom stereocenters. The number of carbonyl (C=O) groups excluding carboxylic acids is 1. The van der Waals surface area contributed by atoms with Crippen LogP contribution in [0.2, 0.25) is 0 Å². The van der Waals surface area contributed by atoms with Gasteiger partial charge in [0.05, 0.1) is 17.8 Å². The first-order chi connectivity index (χ1) is 13.0. The van der Waals surface area contributed by atoms with Crippen LogP contribution in [0.4, 0.5) is 5.69 Å². The molecule has 1 aromatic carbocycles. The molecule has 0 radical (unpaired) electrons. The number of benzene rings is 1. The third kappa shape index (κ3) is 3.89. The van der Waals surface area contributed by atoms with E-state index in [1.54, 1.807) is 18.0 Å². The standard InChI is InChI=1S/C21H30N4O2/c1-17(20(27)23(2)21(16-22)10-6-3-7-11-21)24-12-14-25(15-13-24)18-8-4-5-9-19(18)26/h4-5,8-9,17,26H,3,6-7,10-15H2,1-2H3/t17-/m0/s1. The van der Waals surface area contributed by atoms with Gasteiger partial charge in [-0.3, -0.25) is 9.69 Å². The van der Waals surface area contributed by atoms with Crippen LogP contribution in [0.3, 0.4) is 0 Å². The maximum absolute atomic E-state index is 13.1. The third-order valence-electron chi connectivity index (χ3n) is 6.30. The number of para-hydroxylation sites is 2. The SMILES string of the molecule is C[C@@H](C(=O)N(C)C1(C#N)CCCCC1)N1CCN(c2ccccc2O)CC1. The van der Waals surface area contributed by atoms with Gasteiger partial charge in [0, 0.05) is 33.2 Å². The minimum absolute atomic E-state index is 0.0365. The summed E-state index contributed by atoms with van der Waals surface area (Å²) >= 11 is 0. The zero-order valence-electron chi connectivity index (χ0n) is 16.4. The molecular formula is C21H30N4O2. The molecule has 0 spiro atoms. The quantitative estimate of drug-likeness (QED) is 0.882. The fraction of sp³-hybridized carbons (Fsp3) is 0.619. The van der Waals surface area contributed by atoms with E-state index < -0.39 is 5.54 Å². The topological polar surface area (TPSA) is 70.8 Å². The minimum atomic E-state index is -0.638. The van der Waals surface area contributed by atoms with Gasteiger partial charge in [0.25, 0.3) is 0 Å². The number of carbonyl (C=O) groups is 1. The third-order valence-corrected chi connectivity index (χ3v) is 6.30. The Balaban J connectivity index is 1.61. The van der Waals surface area contributed by atoms with Crippen molar-refractivity contribution < 1.29 is 9.90 Å². The Bertz CT molecular complexity index is 700. The number of phenolic OH excluding ortho intramolecular Hbond substituents is 1. The second kappa shape index (κ2) is 8.18. The fourth-order valence-corrected chi connectivity index (χ4v) is 4.39. The number of rotatable bonds is 4. The molecule has 0 bridgehead atoms. The van der Waals surface area contributed by atoms with Crippen molar-refractivity contribution in [3.8, 4) is 11.8 Å². The van der Waals surface area contributed by atoms with Crippen LogP contribution in [-0.2, 0) is 4.79 Å². The van der Waals surface area contributed by atoms with Crippen molar-refractivity contribution in [3.05, 3.63) is 24.3 Å². The Morgan fingerprint density at radius 1 is 1.19 bits per heavy atom. The second-order valence-electron chi connectivity index (χ2n) is 7.79. The van der Waals surface area contributed by atoms with Gasteiger partial charge in [0.15, 0.2) is 0 Å². The number of anilines is 1. The van der Waals surface area contributed by atoms with Gasteiger partial charge in [0.2, 0.25) is 5.91 Å². The lowest BCUT2D eigenvalue weighted by atomic mass is 9.81. The molecule has 146 valence electrons. The Morgan fingerprint density at radius 2 is 1.81 bits per heavy atom. The summed E-state index contributed by atoms with van der Waals surface area (Å²) in [6, 6.07) is 9.57. The van der Waals surface area contributed by atoms with Crippen LogP contribution in [0, 0.1) is 11.3 Å². The number of aromatic hydroxyl groups is 1. The van der Waals surface area contributed by atoms with E-state index >= 15 is 0 Å². The minimum Gasteiger partial charge on any atom is -0.506 e. The first kappa shape index (κ1) is 19.5. The van der Waals surface area contributed by atoms with E-state index in [4.69, 9.17) is 0 Å². The molecule has 2 aliphatic rings. The number of hydrogen-bond donors (Lipinski definition) is 1. The molecule has 3 rings (SSSR count).